The summed E-state index contributed by atoms with van der Waals surface area (Å²) in [6.07, 6.45) is 3.96. The average Bonchev–Trinajstić information content (AvgIpc) is 2.35. The quantitative estimate of drug-likeness (QED) is 0.644. The van der Waals surface area contributed by atoms with Crippen molar-refractivity contribution in [2.75, 3.05) is 37.1 Å². The smallest absolute Gasteiger partial charge is 0.0594 e. The number of rotatable bonds is 6. The first-order chi connectivity index (χ1) is 7.76. The molecule has 0 unspecified atom stereocenters. The summed E-state index contributed by atoms with van der Waals surface area (Å²) in [6.45, 7) is 3.76. The fourth-order valence-electron chi connectivity index (χ4n) is 1.76. The van der Waals surface area contributed by atoms with Gasteiger partial charge in [-0.1, -0.05) is 6.08 Å². The van der Waals surface area contributed by atoms with Gasteiger partial charge in [-0.25, -0.2) is 0 Å². The summed E-state index contributed by atoms with van der Waals surface area (Å²) in [4.78, 5) is 0. The van der Waals surface area contributed by atoms with Gasteiger partial charge in [0.1, 0.15) is 0 Å². The average molecular weight is 219 g/mol. The third-order valence-corrected chi connectivity index (χ3v) is 2.67. The highest BCUT2D eigenvalue weighted by Crippen LogP contribution is 2.29. The minimum Gasteiger partial charge on any atom is -0.388 e. The first-order valence-electron chi connectivity index (χ1n) is 5.57. The predicted octanol–water partition coefficient (Wildman–Crippen LogP) is 2.93. The maximum absolute atomic E-state index is 3.76. The van der Waals surface area contributed by atoms with Gasteiger partial charge in [0.2, 0.25) is 0 Å². The van der Waals surface area contributed by atoms with Crippen LogP contribution in [0.5, 0.6) is 0 Å². The van der Waals surface area contributed by atoms with Crippen molar-refractivity contribution in [3.05, 3.63) is 30.4 Å². The highest BCUT2D eigenvalue weighted by atomic mass is 14.9. The molecule has 0 fully saturated rings. The fraction of sp³-hybridized carbons (Fsp3) is 0.385. The molecule has 3 heteroatoms. The standard InChI is InChI=1S/C13H21N3/c1-5-6-7-10-8-12(15-3)13(16-4)9-11(10)14-2/h5,8-9,14-16H,1,6-7H2,2-4H3. The molecule has 0 aliphatic rings. The molecule has 0 aliphatic carbocycles. The van der Waals surface area contributed by atoms with E-state index in [1.807, 2.05) is 27.2 Å². The predicted molar refractivity (Wildman–Crippen MR) is 73.6 cm³/mol. The molecule has 0 spiro atoms. The third kappa shape index (κ3) is 2.69. The number of hydrogen-bond donors (Lipinski definition) is 3. The SMILES string of the molecule is C=CCCc1cc(NC)c(NC)cc1NC. The zero-order valence-corrected chi connectivity index (χ0v) is 10.4. The van der Waals surface area contributed by atoms with E-state index in [-0.39, 0.29) is 0 Å². The lowest BCUT2D eigenvalue weighted by molar-refractivity contribution is 1.00. The summed E-state index contributed by atoms with van der Waals surface area (Å²) in [5, 5.41) is 9.61. The summed E-state index contributed by atoms with van der Waals surface area (Å²) >= 11 is 0. The van der Waals surface area contributed by atoms with E-state index in [0.29, 0.717) is 0 Å². The minimum absolute atomic E-state index is 0.997. The Kier molecular flexibility index (Phi) is 4.70. The van der Waals surface area contributed by atoms with E-state index >= 15 is 0 Å². The number of aryl methyl sites for hydroxylation is 1. The monoisotopic (exact) mass is 219 g/mol. The Morgan fingerprint density at radius 1 is 1.00 bits per heavy atom. The van der Waals surface area contributed by atoms with Crippen LogP contribution in [0.3, 0.4) is 0 Å². The summed E-state index contributed by atoms with van der Waals surface area (Å²) in [5.74, 6) is 0. The molecule has 3 nitrogen and oxygen atoms in total. The maximum Gasteiger partial charge on any atom is 0.0594 e. The van der Waals surface area contributed by atoms with Crippen LogP contribution in [0.25, 0.3) is 0 Å². The third-order valence-electron chi connectivity index (χ3n) is 2.67. The van der Waals surface area contributed by atoms with Gasteiger partial charge in [0.15, 0.2) is 0 Å². The van der Waals surface area contributed by atoms with E-state index in [9.17, 15) is 0 Å². The number of nitrogens with one attached hydrogen (secondary N) is 3. The van der Waals surface area contributed by atoms with Crippen LogP contribution in [0.4, 0.5) is 17.1 Å². The second kappa shape index (κ2) is 6.05. The van der Waals surface area contributed by atoms with Crippen molar-refractivity contribution >= 4 is 17.1 Å². The van der Waals surface area contributed by atoms with Crippen molar-refractivity contribution in [2.45, 2.75) is 12.8 Å². The van der Waals surface area contributed by atoms with E-state index < -0.39 is 0 Å². The molecule has 3 N–H and O–H groups in total. The van der Waals surface area contributed by atoms with Crippen molar-refractivity contribution in [1.82, 2.24) is 0 Å². The van der Waals surface area contributed by atoms with Gasteiger partial charge < -0.3 is 16.0 Å². The van der Waals surface area contributed by atoms with Gasteiger partial charge in [-0.05, 0) is 30.5 Å². The molecule has 0 bridgehead atoms. The molecule has 16 heavy (non-hydrogen) atoms. The molecule has 0 heterocycles. The lowest BCUT2D eigenvalue weighted by Crippen LogP contribution is -2.02. The number of benzene rings is 1. The first-order valence-corrected chi connectivity index (χ1v) is 5.57. The molecular weight excluding hydrogens is 198 g/mol. The lowest BCUT2D eigenvalue weighted by atomic mass is 10.0. The number of anilines is 3. The molecule has 1 aromatic carbocycles. The molecule has 0 amide bonds. The Morgan fingerprint density at radius 3 is 2.06 bits per heavy atom. The largest absolute Gasteiger partial charge is 0.388 e. The Bertz CT molecular complexity index is 358. The van der Waals surface area contributed by atoms with Gasteiger partial charge in [0, 0.05) is 26.8 Å². The molecule has 88 valence electrons. The summed E-state index contributed by atoms with van der Waals surface area (Å²) in [6, 6.07) is 4.31. The zero-order chi connectivity index (χ0) is 12.0. The molecule has 0 aromatic heterocycles. The minimum atomic E-state index is 0.997. The van der Waals surface area contributed by atoms with Gasteiger partial charge in [-0.2, -0.15) is 0 Å². The maximum atomic E-state index is 3.76. The Balaban J connectivity index is 3.09. The number of hydrogen-bond acceptors (Lipinski definition) is 3. The summed E-state index contributed by atoms with van der Waals surface area (Å²) < 4.78 is 0. The highest BCUT2D eigenvalue weighted by molar-refractivity contribution is 5.76. The second-order valence-electron chi connectivity index (χ2n) is 3.63. The van der Waals surface area contributed by atoms with Crippen LogP contribution in [0.15, 0.2) is 24.8 Å². The van der Waals surface area contributed by atoms with Crippen LogP contribution >= 0.6 is 0 Å². The van der Waals surface area contributed by atoms with E-state index in [0.717, 1.165) is 24.2 Å². The van der Waals surface area contributed by atoms with Crippen LogP contribution < -0.4 is 16.0 Å². The number of allylic oxidation sites excluding steroid dienone is 1. The molecule has 0 radical (unpaired) electrons. The summed E-state index contributed by atoms with van der Waals surface area (Å²) in [7, 11) is 5.82. The molecule has 1 aromatic rings. The van der Waals surface area contributed by atoms with Crippen LogP contribution in [0, 0.1) is 0 Å². The van der Waals surface area contributed by atoms with Crippen LogP contribution in [-0.2, 0) is 6.42 Å². The van der Waals surface area contributed by atoms with Crippen molar-refractivity contribution in [3.63, 3.8) is 0 Å². The van der Waals surface area contributed by atoms with Gasteiger partial charge in [0.05, 0.1) is 11.4 Å². The van der Waals surface area contributed by atoms with E-state index in [1.54, 1.807) is 0 Å². The zero-order valence-electron chi connectivity index (χ0n) is 10.4. The van der Waals surface area contributed by atoms with Crippen molar-refractivity contribution in [1.29, 1.82) is 0 Å². The normalized spacial score (nSPS) is 9.69. The van der Waals surface area contributed by atoms with Gasteiger partial charge in [-0.15, -0.1) is 6.58 Å². The molecule has 0 aliphatic heterocycles. The Labute approximate surface area is 97.9 Å². The lowest BCUT2D eigenvalue weighted by Gasteiger charge is -2.15. The molecule has 0 saturated heterocycles. The van der Waals surface area contributed by atoms with Crippen LogP contribution in [0.1, 0.15) is 12.0 Å². The van der Waals surface area contributed by atoms with E-state index in [4.69, 9.17) is 0 Å². The van der Waals surface area contributed by atoms with Crippen molar-refractivity contribution < 1.29 is 0 Å². The van der Waals surface area contributed by atoms with Gasteiger partial charge in [-0.3, -0.25) is 0 Å². The van der Waals surface area contributed by atoms with E-state index in [1.165, 1.54) is 11.3 Å². The van der Waals surface area contributed by atoms with Crippen LogP contribution in [0.2, 0.25) is 0 Å². The fourth-order valence-corrected chi connectivity index (χ4v) is 1.76. The first kappa shape index (κ1) is 12.4. The van der Waals surface area contributed by atoms with Crippen LogP contribution in [-0.4, -0.2) is 21.1 Å². The topological polar surface area (TPSA) is 36.1 Å². The molecule has 0 saturated carbocycles. The van der Waals surface area contributed by atoms with Gasteiger partial charge >= 0.3 is 0 Å². The van der Waals surface area contributed by atoms with Crippen molar-refractivity contribution in [3.8, 4) is 0 Å². The molecule has 1 rings (SSSR count). The second-order valence-corrected chi connectivity index (χ2v) is 3.63. The highest BCUT2D eigenvalue weighted by Gasteiger charge is 2.06. The van der Waals surface area contributed by atoms with Gasteiger partial charge in [0.25, 0.3) is 0 Å². The van der Waals surface area contributed by atoms with E-state index in [2.05, 4.69) is 34.7 Å². The summed E-state index contributed by atoms with van der Waals surface area (Å²) in [5.41, 5.74) is 4.71. The Hall–Kier alpha value is -1.64. The van der Waals surface area contributed by atoms with Crippen molar-refractivity contribution in [2.24, 2.45) is 0 Å². The Morgan fingerprint density at radius 2 is 1.56 bits per heavy atom. The molecule has 0 atom stereocenters. The molecular formula is C13H21N3.